The van der Waals surface area contributed by atoms with Gasteiger partial charge in [-0.1, -0.05) is 30.3 Å². The molecule has 0 fully saturated rings. The molecule has 3 aromatic rings. The quantitative estimate of drug-likeness (QED) is 0.383. The molecule has 2 aliphatic heterocycles. The van der Waals surface area contributed by atoms with E-state index in [2.05, 4.69) is 49.1 Å². The zero-order valence-corrected chi connectivity index (χ0v) is 21.7. The predicted octanol–water partition coefficient (Wildman–Crippen LogP) is 2.28. The van der Waals surface area contributed by atoms with Gasteiger partial charge in [-0.25, -0.2) is 0 Å². The number of H-pyrrole nitrogens is 1. The molecule has 0 saturated carbocycles. The third kappa shape index (κ3) is 7.27. The fraction of sp³-hybridized carbons (Fsp3) is 0.357. The highest BCUT2D eigenvalue weighted by Crippen LogP contribution is 2.28. The molecule has 1 amide bonds. The highest BCUT2D eigenvalue weighted by Gasteiger charge is 2.28. The van der Waals surface area contributed by atoms with E-state index < -0.39 is 0 Å². The Hall–Kier alpha value is -4.02. The van der Waals surface area contributed by atoms with Crippen LogP contribution in [0.25, 0.3) is 10.9 Å². The van der Waals surface area contributed by atoms with Gasteiger partial charge in [0, 0.05) is 47.8 Å². The summed E-state index contributed by atoms with van der Waals surface area (Å²) in [5.41, 5.74) is 4.79. The second-order valence-corrected chi connectivity index (χ2v) is 9.00. The first-order valence-corrected chi connectivity index (χ1v) is 12.9. The van der Waals surface area contributed by atoms with Crippen LogP contribution in [-0.2, 0) is 20.9 Å². The Balaban J connectivity index is 0.000000232. The van der Waals surface area contributed by atoms with Crippen LogP contribution in [0.15, 0.2) is 71.2 Å². The van der Waals surface area contributed by atoms with Crippen LogP contribution in [-0.4, -0.2) is 73.3 Å². The van der Waals surface area contributed by atoms with Gasteiger partial charge in [-0.15, -0.1) is 0 Å². The monoisotopic (exact) mass is 517 g/mol. The van der Waals surface area contributed by atoms with Gasteiger partial charge in [0.05, 0.1) is 38.7 Å². The number of aliphatic imine (C=N–C) groups is 1. The number of benzene rings is 1. The number of amides is 1. The van der Waals surface area contributed by atoms with Gasteiger partial charge in [0.15, 0.2) is 0 Å². The third-order valence-electron chi connectivity index (χ3n) is 6.35. The van der Waals surface area contributed by atoms with Crippen LogP contribution in [0.2, 0.25) is 0 Å². The fourth-order valence-corrected chi connectivity index (χ4v) is 4.44. The second-order valence-electron chi connectivity index (χ2n) is 9.00. The normalized spacial score (nSPS) is 18.3. The fourth-order valence-electron chi connectivity index (χ4n) is 4.44. The van der Waals surface area contributed by atoms with E-state index in [9.17, 15) is 9.59 Å². The number of hydrogen-bond donors (Lipinski definition) is 4. The number of aldehydes is 1. The zero-order valence-electron chi connectivity index (χ0n) is 21.7. The van der Waals surface area contributed by atoms with Gasteiger partial charge in [0.2, 0.25) is 0 Å². The molecular weight excluding hydrogens is 482 g/mol. The molecule has 0 aliphatic carbocycles. The number of aromatic amines is 1. The SMILES string of the molecule is CNCc1cc2cnccc2[nH]1.O=CCN1CCOCCN=CNC2=C(NC(c3ccccc3)CC2)C1=O. The summed E-state index contributed by atoms with van der Waals surface area (Å²) in [6.07, 6.45) is 7.62. The summed E-state index contributed by atoms with van der Waals surface area (Å²) in [5.74, 6) is -0.196. The maximum atomic E-state index is 13.1. The molecule has 0 spiro atoms. The summed E-state index contributed by atoms with van der Waals surface area (Å²) in [6.45, 7) is 2.71. The Kier molecular flexibility index (Phi) is 10.00. The van der Waals surface area contributed by atoms with Crippen molar-refractivity contribution in [3.63, 3.8) is 0 Å². The molecule has 1 atom stereocenters. The number of allylic oxidation sites excluding steroid dienone is 1. The highest BCUT2D eigenvalue weighted by molar-refractivity contribution is 5.95. The number of fused-ring (bicyclic) bond motifs is 1. The summed E-state index contributed by atoms with van der Waals surface area (Å²) in [5, 5.41) is 10.8. The van der Waals surface area contributed by atoms with Crippen LogP contribution in [0.3, 0.4) is 0 Å². The molecule has 2 aromatic heterocycles. The van der Waals surface area contributed by atoms with Crippen molar-refractivity contribution in [2.75, 3.05) is 39.9 Å². The topological polar surface area (TPSA) is 124 Å². The Morgan fingerprint density at radius 1 is 1.21 bits per heavy atom. The summed E-state index contributed by atoms with van der Waals surface area (Å²) in [4.78, 5) is 37.2. The number of nitrogens with one attached hydrogen (secondary N) is 4. The average Bonchev–Trinajstić information content (AvgIpc) is 3.36. The molecule has 200 valence electrons. The number of ether oxygens (including phenoxy) is 1. The first-order valence-electron chi connectivity index (χ1n) is 12.9. The summed E-state index contributed by atoms with van der Waals surface area (Å²) >= 11 is 0. The highest BCUT2D eigenvalue weighted by atomic mass is 16.5. The lowest BCUT2D eigenvalue weighted by atomic mass is 9.96. The average molecular weight is 518 g/mol. The minimum absolute atomic E-state index is 0.0464. The number of rotatable bonds is 5. The van der Waals surface area contributed by atoms with Crippen LogP contribution < -0.4 is 16.0 Å². The molecule has 5 rings (SSSR count). The van der Waals surface area contributed by atoms with E-state index >= 15 is 0 Å². The summed E-state index contributed by atoms with van der Waals surface area (Å²) in [7, 11) is 1.93. The van der Waals surface area contributed by atoms with Crippen molar-refractivity contribution in [2.24, 2.45) is 4.99 Å². The van der Waals surface area contributed by atoms with E-state index in [4.69, 9.17) is 4.74 Å². The van der Waals surface area contributed by atoms with Gasteiger partial charge in [-0.3, -0.25) is 14.8 Å². The van der Waals surface area contributed by atoms with Gasteiger partial charge in [-0.2, -0.15) is 0 Å². The maximum absolute atomic E-state index is 13.1. The molecule has 10 nitrogen and oxygen atoms in total. The number of pyridine rings is 1. The molecule has 0 saturated heterocycles. The van der Waals surface area contributed by atoms with Crippen molar-refractivity contribution in [1.82, 2.24) is 30.8 Å². The molecule has 0 bridgehead atoms. The Bertz CT molecular complexity index is 1220. The number of nitrogens with zero attached hydrogens (tertiary/aromatic N) is 3. The zero-order chi connectivity index (χ0) is 26.6. The van der Waals surface area contributed by atoms with Crippen LogP contribution in [0.1, 0.15) is 30.1 Å². The molecule has 4 N–H and O–H groups in total. The van der Waals surface area contributed by atoms with Crippen LogP contribution in [0, 0.1) is 0 Å². The smallest absolute Gasteiger partial charge is 0.272 e. The first-order chi connectivity index (χ1) is 18.7. The van der Waals surface area contributed by atoms with E-state index in [0.29, 0.717) is 32.0 Å². The van der Waals surface area contributed by atoms with Crippen LogP contribution in [0.4, 0.5) is 0 Å². The largest absolute Gasteiger partial charge is 0.378 e. The lowest BCUT2D eigenvalue weighted by Crippen LogP contribution is -2.44. The Morgan fingerprint density at radius 3 is 2.87 bits per heavy atom. The van der Waals surface area contributed by atoms with Crippen molar-refractivity contribution in [3.8, 4) is 0 Å². The Morgan fingerprint density at radius 2 is 2.08 bits per heavy atom. The predicted molar refractivity (Wildman–Crippen MR) is 147 cm³/mol. The molecule has 4 heterocycles. The molecule has 1 unspecified atom stereocenters. The van der Waals surface area contributed by atoms with Gasteiger partial charge >= 0.3 is 0 Å². The molecule has 2 aliphatic rings. The lowest BCUT2D eigenvalue weighted by molar-refractivity contribution is -0.130. The number of carbonyl (C=O) groups excluding carboxylic acids is 2. The van der Waals surface area contributed by atoms with Crippen LogP contribution >= 0.6 is 0 Å². The molecule has 38 heavy (non-hydrogen) atoms. The van der Waals surface area contributed by atoms with Crippen molar-refractivity contribution < 1.29 is 14.3 Å². The van der Waals surface area contributed by atoms with Gasteiger partial charge in [0.25, 0.3) is 5.91 Å². The van der Waals surface area contributed by atoms with Crippen molar-refractivity contribution >= 4 is 29.4 Å². The number of hydrogen-bond acceptors (Lipinski definition) is 8. The van der Waals surface area contributed by atoms with Crippen molar-refractivity contribution in [1.29, 1.82) is 0 Å². The van der Waals surface area contributed by atoms with E-state index in [1.54, 1.807) is 12.5 Å². The standard InChI is InChI=1S/C19H24N4O3.C9H11N3/c24-11-9-23-10-13-26-12-8-20-14-21-17-7-6-16(22-18(17)19(23)25)15-4-2-1-3-5-15;1-10-6-8-4-7-5-11-3-2-9(7)12-8/h1-5,11,14,16,22H,6-10,12-13H2,(H,20,21);2-5,10,12H,6H2,1H3. The van der Waals surface area contributed by atoms with Gasteiger partial charge in [-0.05, 0) is 37.6 Å². The third-order valence-corrected chi connectivity index (χ3v) is 6.35. The molecular formula is C28H35N7O3. The Labute approximate surface area is 222 Å². The minimum atomic E-state index is -0.196. The number of aromatic nitrogens is 2. The van der Waals surface area contributed by atoms with Crippen LogP contribution in [0.5, 0.6) is 0 Å². The summed E-state index contributed by atoms with van der Waals surface area (Å²) < 4.78 is 5.47. The summed E-state index contributed by atoms with van der Waals surface area (Å²) in [6, 6.07) is 14.2. The van der Waals surface area contributed by atoms with Crippen molar-refractivity contribution in [2.45, 2.75) is 25.4 Å². The van der Waals surface area contributed by atoms with E-state index in [1.807, 2.05) is 37.5 Å². The molecule has 1 aromatic carbocycles. The minimum Gasteiger partial charge on any atom is -0.378 e. The van der Waals surface area contributed by atoms with Gasteiger partial charge in [0.1, 0.15) is 12.0 Å². The molecule has 0 radical (unpaired) electrons. The van der Waals surface area contributed by atoms with E-state index in [-0.39, 0.29) is 18.5 Å². The maximum Gasteiger partial charge on any atom is 0.272 e. The van der Waals surface area contributed by atoms with Crippen molar-refractivity contribution in [3.05, 3.63) is 77.5 Å². The molecule has 10 heteroatoms. The lowest BCUT2D eigenvalue weighted by Gasteiger charge is -2.32. The van der Waals surface area contributed by atoms with E-state index in [1.165, 1.54) is 16.0 Å². The second kappa shape index (κ2) is 14.1. The number of carbonyl (C=O) groups is 2. The van der Waals surface area contributed by atoms with Gasteiger partial charge < -0.3 is 35.4 Å². The van der Waals surface area contributed by atoms with E-state index in [0.717, 1.165) is 42.4 Å². The first kappa shape index (κ1) is 27.0.